The number of thiazole rings is 1. The number of benzene rings is 1. The number of aryl methyl sites for hydroxylation is 1. The third-order valence-electron chi connectivity index (χ3n) is 3.55. The molecule has 0 spiro atoms. The molecule has 0 unspecified atom stereocenters. The number of carbonyl (C=O) groups excluding carboxylic acids is 1. The van der Waals surface area contributed by atoms with Gasteiger partial charge in [-0.1, -0.05) is 54.3 Å². The van der Waals surface area contributed by atoms with Crippen LogP contribution in [0.25, 0.3) is 11.3 Å². The van der Waals surface area contributed by atoms with Gasteiger partial charge in [-0.15, -0.1) is 21.5 Å². The van der Waals surface area contributed by atoms with Crippen LogP contribution in [0.1, 0.15) is 26.3 Å². The van der Waals surface area contributed by atoms with Crippen LogP contribution in [0.15, 0.2) is 34.0 Å². The van der Waals surface area contributed by atoms with E-state index >= 15 is 0 Å². The first-order valence-electron chi connectivity index (χ1n) is 8.61. The molecule has 0 radical (unpaired) electrons. The largest absolute Gasteiger partial charge is 0.358 e. The van der Waals surface area contributed by atoms with E-state index in [0.29, 0.717) is 11.2 Å². The molecule has 1 aromatic carbocycles. The molecule has 0 fully saturated rings. The van der Waals surface area contributed by atoms with E-state index in [0.717, 1.165) is 27.1 Å². The number of hydrogen-bond donors (Lipinski definition) is 2. The highest BCUT2D eigenvalue weighted by molar-refractivity contribution is 8.01. The van der Waals surface area contributed by atoms with Gasteiger partial charge in [-0.05, 0) is 25.8 Å². The zero-order valence-electron chi connectivity index (χ0n) is 15.4. The molecular formula is C18H21N5OS3. The van der Waals surface area contributed by atoms with Gasteiger partial charge in [0.15, 0.2) is 9.47 Å². The minimum absolute atomic E-state index is 0.101. The lowest BCUT2D eigenvalue weighted by atomic mass is 10.1. The van der Waals surface area contributed by atoms with Crippen LogP contribution in [-0.2, 0) is 11.2 Å². The maximum atomic E-state index is 12.2. The molecule has 0 aliphatic rings. The molecule has 0 saturated heterocycles. The molecule has 0 aliphatic carbocycles. The smallest absolute Gasteiger partial charge is 0.236 e. The van der Waals surface area contributed by atoms with Crippen molar-refractivity contribution in [3.8, 4) is 11.3 Å². The average Bonchev–Trinajstić information content (AvgIpc) is 3.29. The predicted molar refractivity (Wildman–Crippen MR) is 115 cm³/mol. The van der Waals surface area contributed by atoms with Gasteiger partial charge in [0.2, 0.25) is 11.0 Å². The second-order valence-corrected chi connectivity index (χ2v) is 9.16. The van der Waals surface area contributed by atoms with Crippen molar-refractivity contribution in [2.24, 2.45) is 0 Å². The van der Waals surface area contributed by atoms with Gasteiger partial charge < -0.3 is 10.6 Å². The highest BCUT2D eigenvalue weighted by Crippen LogP contribution is 2.27. The Bertz CT molecular complexity index is 889. The van der Waals surface area contributed by atoms with Crippen molar-refractivity contribution in [2.45, 2.75) is 37.6 Å². The van der Waals surface area contributed by atoms with Gasteiger partial charge in [0, 0.05) is 17.0 Å². The minimum atomic E-state index is -0.101. The van der Waals surface area contributed by atoms with Crippen molar-refractivity contribution in [1.82, 2.24) is 15.2 Å². The Morgan fingerprint density at radius 2 is 1.96 bits per heavy atom. The standard InChI is InChI=1S/C18H21N5OS3/c1-4-12-5-7-13(8-6-12)14-9-25-16(20-14)21-15(24)10-26-18-23-22-17(27-18)19-11(2)3/h5-9,11H,4,10H2,1-3H3,(H,19,22)(H,20,21,24). The molecule has 27 heavy (non-hydrogen) atoms. The number of amides is 1. The van der Waals surface area contributed by atoms with Gasteiger partial charge in [0.25, 0.3) is 0 Å². The first kappa shape index (κ1) is 19.8. The summed E-state index contributed by atoms with van der Waals surface area (Å²) >= 11 is 4.25. The zero-order chi connectivity index (χ0) is 19.2. The van der Waals surface area contributed by atoms with E-state index in [1.807, 2.05) is 19.2 Å². The highest BCUT2D eigenvalue weighted by atomic mass is 32.2. The van der Waals surface area contributed by atoms with Gasteiger partial charge in [0.1, 0.15) is 0 Å². The van der Waals surface area contributed by atoms with Gasteiger partial charge >= 0.3 is 0 Å². The Morgan fingerprint density at radius 3 is 2.67 bits per heavy atom. The van der Waals surface area contributed by atoms with Crippen molar-refractivity contribution >= 4 is 50.6 Å². The molecule has 1 amide bonds. The lowest BCUT2D eigenvalue weighted by Crippen LogP contribution is -2.13. The Labute approximate surface area is 170 Å². The molecule has 6 nitrogen and oxygen atoms in total. The number of nitrogens with zero attached hydrogens (tertiary/aromatic N) is 3. The molecule has 0 saturated carbocycles. The SMILES string of the molecule is CCc1ccc(-c2csc(NC(=O)CSc3nnc(NC(C)C)s3)n2)cc1. The number of aromatic nitrogens is 3. The summed E-state index contributed by atoms with van der Waals surface area (Å²) in [4.78, 5) is 16.7. The fraction of sp³-hybridized carbons (Fsp3) is 0.333. The fourth-order valence-electron chi connectivity index (χ4n) is 2.23. The van der Waals surface area contributed by atoms with E-state index in [4.69, 9.17) is 0 Å². The van der Waals surface area contributed by atoms with Crippen molar-refractivity contribution < 1.29 is 4.79 Å². The molecule has 2 heterocycles. The van der Waals surface area contributed by atoms with Crippen LogP contribution in [0.2, 0.25) is 0 Å². The second-order valence-electron chi connectivity index (χ2n) is 6.10. The van der Waals surface area contributed by atoms with Crippen LogP contribution < -0.4 is 10.6 Å². The summed E-state index contributed by atoms with van der Waals surface area (Å²) in [5.74, 6) is 0.173. The summed E-state index contributed by atoms with van der Waals surface area (Å²) in [5.41, 5.74) is 3.22. The Kier molecular flexibility index (Phi) is 6.81. The van der Waals surface area contributed by atoms with E-state index in [-0.39, 0.29) is 11.7 Å². The highest BCUT2D eigenvalue weighted by Gasteiger charge is 2.11. The summed E-state index contributed by atoms with van der Waals surface area (Å²) in [6, 6.07) is 8.64. The number of rotatable bonds is 8. The van der Waals surface area contributed by atoms with Crippen molar-refractivity contribution in [2.75, 3.05) is 16.4 Å². The van der Waals surface area contributed by atoms with E-state index in [9.17, 15) is 4.79 Å². The van der Waals surface area contributed by atoms with E-state index in [2.05, 4.69) is 57.0 Å². The third kappa shape index (κ3) is 5.75. The maximum absolute atomic E-state index is 12.2. The quantitative estimate of drug-likeness (QED) is 0.512. The zero-order valence-corrected chi connectivity index (χ0v) is 17.8. The van der Waals surface area contributed by atoms with Gasteiger partial charge in [0.05, 0.1) is 11.4 Å². The predicted octanol–water partition coefficient (Wildman–Crippen LogP) is 4.78. The average molecular weight is 420 g/mol. The molecule has 0 atom stereocenters. The minimum Gasteiger partial charge on any atom is -0.358 e. The first-order valence-corrected chi connectivity index (χ1v) is 11.3. The van der Waals surface area contributed by atoms with Crippen LogP contribution in [0, 0.1) is 0 Å². The first-order chi connectivity index (χ1) is 13.0. The Hall–Kier alpha value is -1.97. The van der Waals surface area contributed by atoms with E-state index in [1.54, 1.807) is 0 Å². The molecule has 2 N–H and O–H groups in total. The van der Waals surface area contributed by atoms with E-state index < -0.39 is 0 Å². The molecular weight excluding hydrogens is 398 g/mol. The lowest BCUT2D eigenvalue weighted by Gasteiger charge is -2.03. The monoisotopic (exact) mass is 419 g/mol. The van der Waals surface area contributed by atoms with Crippen LogP contribution in [0.4, 0.5) is 10.3 Å². The van der Waals surface area contributed by atoms with Crippen molar-refractivity contribution in [3.63, 3.8) is 0 Å². The van der Waals surface area contributed by atoms with Crippen LogP contribution in [0.3, 0.4) is 0 Å². The second kappa shape index (κ2) is 9.29. The number of carbonyl (C=O) groups is 1. The van der Waals surface area contributed by atoms with Crippen LogP contribution in [-0.4, -0.2) is 32.9 Å². The topological polar surface area (TPSA) is 79.8 Å². The fourth-order valence-corrected chi connectivity index (χ4v) is 4.66. The number of anilines is 2. The number of nitrogens with one attached hydrogen (secondary N) is 2. The normalized spacial score (nSPS) is 11.0. The molecule has 3 aromatic rings. The molecule has 0 aliphatic heterocycles. The lowest BCUT2D eigenvalue weighted by molar-refractivity contribution is -0.113. The van der Waals surface area contributed by atoms with Gasteiger partial charge in [-0.2, -0.15) is 0 Å². The summed E-state index contributed by atoms with van der Waals surface area (Å²) in [5, 5.41) is 17.5. The summed E-state index contributed by atoms with van der Waals surface area (Å²) in [6.07, 6.45) is 1.01. The molecule has 9 heteroatoms. The molecule has 2 aromatic heterocycles. The van der Waals surface area contributed by atoms with E-state index in [1.165, 1.54) is 40.0 Å². The Balaban J connectivity index is 1.52. The molecule has 142 valence electrons. The van der Waals surface area contributed by atoms with Crippen molar-refractivity contribution in [1.29, 1.82) is 0 Å². The Morgan fingerprint density at radius 1 is 1.19 bits per heavy atom. The van der Waals surface area contributed by atoms with Crippen molar-refractivity contribution in [3.05, 3.63) is 35.2 Å². The number of thioether (sulfide) groups is 1. The summed E-state index contributed by atoms with van der Waals surface area (Å²) < 4.78 is 0.768. The molecule has 0 bridgehead atoms. The number of hydrogen-bond acceptors (Lipinski definition) is 8. The summed E-state index contributed by atoms with van der Waals surface area (Å²) in [6.45, 7) is 6.22. The van der Waals surface area contributed by atoms with Gasteiger partial charge in [-0.25, -0.2) is 4.98 Å². The summed E-state index contributed by atoms with van der Waals surface area (Å²) in [7, 11) is 0. The van der Waals surface area contributed by atoms with Crippen LogP contribution in [0.5, 0.6) is 0 Å². The van der Waals surface area contributed by atoms with Gasteiger partial charge in [-0.3, -0.25) is 4.79 Å². The third-order valence-corrected chi connectivity index (χ3v) is 6.30. The van der Waals surface area contributed by atoms with Crippen LogP contribution >= 0.6 is 34.4 Å². The maximum Gasteiger partial charge on any atom is 0.236 e. The molecule has 3 rings (SSSR count).